The van der Waals surface area contributed by atoms with Gasteiger partial charge in [0.25, 0.3) is 0 Å². The Balaban J connectivity index is 2.21. The molecule has 2 rings (SSSR count). The zero-order valence-corrected chi connectivity index (χ0v) is 10.2. The molecule has 1 aliphatic rings. The van der Waals surface area contributed by atoms with Crippen molar-refractivity contribution < 1.29 is 4.74 Å². The maximum Gasteiger partial charge on any atom is 0.133 e. The fourth-order valence-electron chi connectivity index (χ4n) is 1.87. The Labute approximate surface area is 96.7 Å². The quantitative estimate of drug-likeness (QED) is 0.763. The van der Waals surface area contributed by atoms with Crippen molar-refractivity contribution in [1.82, 2.24) is 9.97 Å². The first-order valence-electron chi connectivity index (χ1n) is 5.86. The Bertz CT molecular complexity index is 354. The van der Waals surface area contributed by atoms with Gasteiger partial charge >= 0.3 is 0 Å². The lowest BCUT2D eigenvalue weighted by Crippen LogP contribution is -2.44. The highest BCUT2D eigenvalue weighted by molar-refractivity contribution is 5.39. The summed E-state index contributed by atoms with van der Waals surface area (Å²) in [6.07, 6.45) is 1.85. The van der Waals surface area contributed by atoms with E-state index >= 15 is 0 Å². The van der Waals surface area contributed by atoms with Gasteiger partial charge in [-0.25, -0.2) is 9.97 Å². The molecule has 0 unspecified atom stereocenters. The third-order valence-corrected chi connectivity index (χ3v) is 2.84. The van der Waals surface area contributed by atoms with Crippen molar-refractivity contribution in [3.8, 4) is 0 Å². The van der Waals surface area contributed by atoms with E-state index < -0.39 is 0 Å². The molecule has 0 bridgehead atoms. The molecule has 0 amide bonds. The molecular weight excluding hydrogens is 202 g/mol. The van der Waals surface area contributed by atoms with Crippen LogP contribution in [0.4, 0.5) is 5.82 Å². The summed E-state index contributed by atoms with van der Waals surface area (Å²) in [6.45, 7) is 8.86. The topological polar surface area (TPSA) is 38.2 Å². The van der Waals surface area contributed by atoms with Crippen LogP contribution >= 0.6 is 0 Å². The molecule has 1 aromatic rings. The number of hydrogen-bond acceptors (Lipinski definition) is 4. The van der Waals surface area contributed by atoms with Crippen molar-refractivity contribution in [2.45, 2.75) is 32.7 Å². The minimum atomic E-state index is 0.372. The zero-order chi connectivity index (χ0) is 11.5. The summed E-state index contributed by atoms with van der Waals surface area (Å²) < 4.78 is 5.43. The number of anilines is 1. The Morgan fingerprint density at radius 2 is 2.31 bits per heavy atom. The summed E-state index contributed by atoms with van der Waals surface area (Å²) in [4.78, 5) is 11.2. The molecule has 0 N–H and O–H groups in total. The molecule has 88 valence electrons. The number of ether oxygens (including phenoxy) is 1. The molecule has 0 saturated carbocycles. The molecule has 2 heterocycles. The fourth-order valence-corrected chi connectivity index (χ4v) is 1.87. The highest BCUT2D eigenvalue weighted by Gasteiger charge is 2.20. The predicted octanol–water partition coefficient (Wildman–Crippen LogP) is 1.83. The van der Waals surface area contributed by atoms with Crippen LogP contribution in [0.1, 0.15) is 32.5 Å². The summed E-state index contributed by atoms with van der Waals surface area (Å²) in [5.74, 6) is 2.31. The van der Waals surface area contributed by atoms with Crippen molar-refractivity contribution >= 4 is 5.82 Å². The first-order valence-corrected chi connectivity index (χ1v) is 5.86. The van der Waals surface area contributed by atoms with Crippen molar-refractivity contribution in [2.24, 2.45) is 0 Å². The number of aromatic nitrogens is 2. The molecule has 16 heavy (non-hydrogen) atoms. The molecule has 4 heteroatoms. The Hall–Kier alpha value is -1.16. The van der Waals surface area contributed by atoms with Gasteiger partial charge in [-0.05, 0) is 13.0 Å². The number of nitrogens with zero attached hydrogens (tertiary/aromatic N) is 3. The summed E-state index contributed by atoms with van der Waals surface area (Å²) >= 11 is 0. The van der Waals surface area contributed by atoms with Crippen LogP contribution in [-0.2, 0) is 4.74 Å². The average molecular weight is 221 g/mol. The maximum absolute atomic E-state index is 5.43. The third kappa shape index (κ3) is 2.32. The van der Waals surface area contributed by atoms with Crippen molar-refractivity contribution in [3.05, 3.63) is 18.1 Å². The van der Waals surface area contributed by atoms with E-state index in [4.69, 9.17) is 4.74 Å². The molecule has 1 fully saturated rings. The van der Waals surface area contributed by atoms with Crippen molar-refractivity contribution in [3.63, 3.8) is 0 Å². The van der Waals surface area contributed by atoms with Gasteiger partial charge in [0.1, 0.15) is 11.6 Å². The third-order valence-electron chi connectivity index (χ3n) is 2.84. The van der Waals surface area contributed by atoms with Gasteiger partial charge in [-0.2, -0.15) is 0 Å². The van der Waals surface area contributed by atoms with Gasteiger partial charge in [0.15, 0.2) is 0 Å². The molecule has 1 saturated heterocycles. The number of hydrogen-bond donors (Lipinski definition) is 0. The maximum atomic E-state index is 5.43. The summed E-state index contributed by atoms with van der Waals surface area (Å²) in [5, 5.41) is 0. The van der Waals surface area contributed by atoms with E-state index in [0.29, 0.717) is 12.0 Å². The summed E-state index contributed by atoms with van der Waals surface area (Å²) in [6, 6.07) is 2.37. The standard InChI is InChI=1S/C12H19N3O/c1-9(2)12-13-5-4-11(14-12)15-6-7-16-8-10(15)3/h4-5,9-10H,6-8H2,1-3H3/t10-/m1/s1. The summed E-state index contributed by atoms with van der Waals surface area (Å²) in [5.41, 5.74) is 0. The lowest BCUT2D eigenvalue weighted by molar-refractivity contribution is 0.0985. The van der Waals surface area contributed by atoms with Crippen LogP contribution in [-0.4, -0.2) is 35.8 Å². The number of morpholine rings is 1. The fraction of sp³-hybridized carbons (Fsp3) is 0.667. The van der Waals surface area contributed by atoms with Crippen LogP contribution in [0.25, 0.3) is 0 Å². The number of rotatable bonds is 2. The van der Waals surface area contributed by atoms with E-state index in [-0.39, 0.29) is 0 Å². The van der Waals surface area contributed by atoms with Gasteiger partial charge in [0.05, 0.1) is 19.3 Å². The van der Waals surface area contributed by atoms with Gasteiger partial charge in [-0.1, -0.05) is 13.8 Å². The van der Waals surface area contributed by atoms with Crippen molar-refractivity contribution in [1.29, 1.82) is 0 Å². The van der Waals surface area contributed by atoms with Gasteiger partial charge in [-0.3, -0.25) is 0 Å². The minimum Gasteiger partial charge on any atom is -0.377 e. The molecule has 1 aliphatic heterocycles. The van der Waals surface area contributed by atoms with E-state index in [1.807, 2.05) is 12.3 Å². The Morgan fingerprint density at radius 1 is 1.50 bits per heavy atom. The molecule has 0 radical (unpaired) electrons. The van der Waals surface area contributed by atoms with Crippen LogP contribution in [0.5, 0.6) is 0 Å². The molecule has 0 spiro atoms. The Kier molecular flexibility index (Phi) is 3.39. The SMILES string of the molecule is CC(C)c1nccc(N2CCOC[C@H]2C)n1. The monoisotopic (exact) mass is 221 g/mol. The van der Waals surface area contributed by atoms with Crippen LogP contribution in [0.3, 0.4) is 0 Å². The largest absolute Gasteiger partial charge is 0.377 e. The van der Waals surface area contributed by atoms with E-state index in [2.05, 4.69) is 35.6 Å². The minimum absolute atomic E-state index is 0.372. The highest BCUT2D eigenvalue weighted by Crippen LogP contribution is 2.18. The van der Waals surface area contributed by atoms with Gasteiger partial charge in [0.2, 0.25) is 0 Å². The smallest absolute Gasteiger partial charge is 0.133 e. The highest BCUT2D eigenvalue weighted by atomic mass is 16.5. The van der Waals surface area contributed by atoms with E-state index in [0.717, 1.165) is 31.4 Å². The second-order valence-electron chi connectivity index (χ2n) is 4.55. The first kappa shape index (κ1) is 11.3. The van der Waals surface area contributed by atoms with Crippen LogP contribution in [0.15, 0.2) is 12.3 Å². The zero-order valence-electron chi connectivity index (χ0n) is 10.2. The lowest BCUT2D eigenvalue weighted by Gasteiger charge is -2.34. The molecule has 0 aliphatic carbocycles. The van der Waals surface area contributed by atoms with Crippen LogP contribution < -0.4 is 4.90 Å². The molecular formula is C12H19N3O. The second-order valence-corrected chi connectivity index (χ2v) is 4.55. The normalized spacial score (nSPS) is 21.5. The second kappa shape index (κ2) is 4.78. The lowest BCUT2D eigenvalue weighted by atomic mass is 10.2. The molecule has 1 aromatic heterocycles. The predicted molar refractivity (Wildman–Crippen MR) is 63.7 cm³/mol. The molecule has 4 nitrogen and oxygen atoms in total. The van der Waals surface area contributed by atoms with Crippen molar-refractivity contribution in [2.75, 3.05) is 24.7 Å². The van der Waals surface area contributed by atoms with Gasteiger partial charge in [-0.15, -0.1) is 0 Å². The van der Waals surface area contributed by atoms with E-state index in [1.165, 1.54) is 0 Å². The van der Waals surface area contributed by atoms with E-state index in [1.54, 1.807) is 0 Å². The van der Waals surface area contributed by atoms with E-state index in [9.17, 15) is 0 Å². The van der Waals surface area contributed by atoms with Crippen LogP contribution in [0.2, 0.25) is 0 Å². The van der Waals surface area contributed by atoms with Gasteiger partial charge in [0, 0.05) is 18.7 Å². The first-order chi connectivity index (χ1) is 7.68. The Morgan fingerprint density at radius 3 is 3.00 bits per heavy atom. The van der Waals surface area contributed by atoms with Crippen LogP contribution in [0, 0.1) is 0 Å². The average Bonchev–Trinajstić information content (AvgIpc) is 2.30. The van der Waals surface area contributed by atoms with Gasteiger partial charge < -0.3 is 9.64 Å². The molecule has 0 aromatic carbocycles. The molecule has 1 atom stereocenters. The summed E-state index contributed by atoms with van der Waals surface area (Å²) in [7, 11) is 0.